The normalized spacial score (nSPS) is 11.7. The number of nitrogens with zero attached hydrogens (tertiary/aromatic N) is 3. The number of fused-ring (bicyclic) bond motifs is 1. The van der Waals surface area contributed by atoms with E-state index >= 15 is 0 Å². The van der Waals surface area contributed by atoms with Gasteiger partial charge in [-0.05, 0) is 52.5 Å². The fraction of sp³-hybridized carbons (Fsp3) is 0.217. The van der Waals surface area contributed by atoms with Gasteiger partial charge in [0.15, 0.2) is 5.65 Å². The van der Waals surface area contributed by atoms with Crippen LogP contribution >= 0.6 is 27.5 Å². The predicted molar refractivity (Wildman–Crippen MR) is 135 cm³/mol. The molecule has 0 aliphatic rings. The van der Waals surface area contributed by atoms with Gasteiger partial charge in [-0.15, -0.1) is 0 Å². The lowest BCUT2D eigenvalue weighted by Crippen LogP contribution is -2.25. The van der Waals surface area contributed by atoms with E-state index in [9.17, 15) is 12.8 Å². The first kappa shape index (κ1) is 24.6. The smallest absolute Gasteiger partial charge is 0.240 e. The molecule has 0 saturated carbocycles. The van der Waals surface area contributed by atoms with E-state index in [1.54, 1.807) is 10.7 Å². The standard InChI is InChI=1S/C23H22BrClFN5O2S/c24-19-15-28-31-22(13-21(30-23(19)31)18-5-1-2-6-20(18)25)27-11-3-4-12-29-34(32,33)17-9-7-16(14-26)8-10-17/h1-2,5-10,13,15,27,29H,3-4,11-12,14H2. The minimum Gasteiger partial charge on any atom is -0.370 e. The van der Waals surface area contributed by atoms with E-state index < -0.39 is 16.7 Å². The monoisotopic (exact) mass is 565 g/mol. The molecule has 0 atom stereocenters. The van der Waals surface area contributed by atoms with Crippen LogP contribution in [-0.2, 0) is 16.7 Å². The van der Waals surface area contributed by atoms with Gasteiger partial charge in [0.05, 0.1) is 21.3 Å². The zero-order chi connectivity index (χ0) is 24.1. The van der Waals surface area contributed by atoms with Crippen LogP contribution in [0.2, 0.25) is 5.02 Å². The number of hydrogen-bond acceptors (Lipinski definition) is 5. The van der Waals surface area contributed by atoms with Crippen molar-refractivity contribution < 1.29 is 12.8 Å². The van der Waals surface area contributed by atoms with Gasteiger partial charge in [0.25, 0.3) is 0 Å². The molecule has 11 heteroatoms. The van der Waals surface area contributed by atoms with Crippen molar-refractivity contribution in [2.75, 3.05) is 18.4 Å². The largest absolute Gasteiger partial charge is 0.370 e. The quantitative estimate of drug-likeness (QED) is 0.249. The second-order valence-electron chi connectivity index (χ2n) is 7.54. The number of halogens is 3. The topological polar surface area (TPSA) is 88.4 Å². The molecule has 2 heterocycles. The Balaban J connectivity index is 1.37. The minimum absolute atomic E-state index is 0.123. The van der Waals surface area contributed by atoms with Crippen molar-refractivity contribution in [1.82, 2.24) is 19.3 Å². The zero-order valence-corrected chi connectivity index (χ0v) is 21.2. The van der Waals surface area contributed by atoms with E-state index in [0.29, 0.717) is 41.4 Å². The van der Waals surface area contributed by atoms with Gasteiger partial charge in [-0.3, -0.25) is 0 Å². The van der Waals surface area contributed by atoms with Gasteiger partial charge in [-0.2, -0.15) is 9.61 Å². The second-order valence-corrected chi connectivity index (χ2v) is 10.6. The first-order valence-electron chi connectivity index (χ1n) is 10.6. The van der Waals surface area contributed by atoms with Crippen molar-refractivity contribution >= 4 is 49.0 Å². The number of alkyl halides is 1. The highest BCUT2D eigenvalue weighted by atomic mass is 79.9. The molecule has 0 amide bonds. The second kappa shape index (κ2) is 10.8. The lowest BCUT2D eigenvalue weighted by Gasteiger charge is -2.12. The highest BCUT2D eigenvalue weighted by molar-refractivity contribution is 9.10. The van der Waals surface area contributed by atoms with Crippen molar-refractivity contribution in [3.63, 3.8) is 0 Å². The predicted octanol–water partition coefficient (Wildman–Crippen LogP) is 5.45. The summed E-state index contributed by atoms with van der Waals surface area (Å²) in [6.07, 6.45) is 3.03. The minimum atomic E-state index is -3.62. The lowest BCUT2D eigenvalue weighted by atomic mass is 10.1. The number of benzene rings is 2. The molecule has 0 spiro atoms. The van der Waals surface area contributed by atoms with Crippen LogP contribution in [0.1, 0.15) is 18.4 Å². The molecule has 4 rings (SSSR count). The zero-order valence-electron chi connectivity index (χ0n) is 18.0. The Hall–Kier alpha value is -2.53. The third-order valence-electron chi connectivity index (χ3n) is 5.17. The van der Waals surface area contributed by atoms with E-state index in [2.05, 4.69) is 36.1 Å². The van der Waals surface area contributed by atoms with Crippen LogP contribution in [0.25, 0.3) is 16.9 Å². The molecule has 2 aromatic carbocycles. The molecule has 0 bridgehead atoms. The van der Waals surface area contributed by atoms with Crippen LogP contribution in [0.3, 0.4) is 0 Å². The van der Waals surface area contributed by atoms with Crippen LogP contribution in [0.15, 0.2) is 70.2 Å². The molecule has 0 aliphatic carbocycles. The molecule has 0 radical (unpaired) electrons. The molecule has 4 aromatic rings. The Bertz CT molecular complexity index is 1400. The lowest BCUT2D eigenvalue weighted by molar-refractivity contribution is 0.485. The average molecular weight is 567 g/mol. The first-order valence-corrected chi connectivity index (χ1v) is 13.2. The van der Waals surface area contributed by atoms with Gasteiger partial charge in [0.1, 0.15) is 12.5 Å². The number of sulfonamides is 1. The third kappa shape index (κ3) is 5.57. The maximum Gasteiger partial charge on any atom is 0.240 e. The molecule has 2 N–H and O–H groups in total. The number of anilines is 1. The molecule has 2 aromatic heterocycles. The fourth-order valence-electron chi connectivity index (χ4n) is 3.38. The molecular weight excluding hydrogens is 545 g/mol. The van der Waals surface area contributed by atoms with E-state index in [4.69, 9.17) is 11.6 Å². The van der Waals surface area contributed by atoms with E-state index in [1.807, 2.05) is 30.3 Å². The Morgan fingerprint density at radius 2 is 1.79 bits per heavy atom. The summed E-state index contributed by atoms with van der Waals surface area (Å²) in [5, 5.41) is 8.33. The molecule has 0 unspecified atom stereocenters. The van der Waals surface area contributed by atoms with Gasteiger partial charge >= 0.3 is 0 Å². The highest BCUT2D eigenvalue weighted by Crippen LogP contribution is 2.30. The summed E-state index contributed by atoms with van der Waals surface area (Å²) in [5.74, 6) is 0.749. The number of hydrogen-bond donors (Lipinski definition) is 2. The van der Waals surface area contributed by atoms with Gasteiger partial charge in [-0.25, -0.2) is 22.5 Å². The molecule has 0 fully saturated rings. The van der Waals surface area contributed by atoms with Crippen molar-refractivity contribution in [3.05, 3.63) is 75.9 Å². The summed E-state index contributed by atoms with van der Waals surface area (Å²) in [7, 11) is -3.62. The SMILES string of the molecule is O=S(=O)(NCCCCNc1cc(-c2ccccc2Cl)nc2c(Br)cnn12)c1ccc(CF)cc1. The molecule has 7 nitrogen and oxygen atoms in total. The number of rotatable bonds is 10. The third-order valence-corrected chi connectivity index (χ3v) is 7.53. The van der Waals surface area contributed by atoms with Crippen molar-refractivity contribution in [2.45, 2.75) is 24.4 Å². The molecule has 0 saturated heterocycles. The Kier molecular flexibility index (Phi) is 7.82. The van der Waals surface area contributed by atoms with E-state index in [1.165, 1.54) is 24.3 Å². The van der Waals surface area contributed by atoms with Crippen LogP contribution in [0.5, 0.6) is 0 Å². The summed E-state index contributed by atoms with van der Waals surface area (Å²) in [6, 6.07) is 15.1. The summed E-state index contributed by atoms with van der Waals surface area (Å²) in [5.41, 5.74) is 2.63. The number of nitrogens with one attached hydrogen (secondary N) is 2. The molecular formula is C23H22BrClFN5O2S. The number of aromatic nitrogens is 3. The Labute approximate surface area is 210 Å². The van der Waals surface area contributed by atoms with Gasteiger partial charge in [0, 0.05) is 29.7 Å². The molecule has 0 aliphatic heterocycles. The summed E-state index contributed by atoms with van der Waals surface area (Å²) < 4.78 is 42.4. The van der Waals surface area contributed by atoms with Crippen LogP contribution in [0.4, 0.5) is 10.2 Å². The molecule has 178 valence electrons. The number of unbranched alkanes of at least 4 members (excludes halogenated alkanes) is 1. The van der Waals surface area contributed by atoms with Crippen LogP contribution in [-0.4, -0.2) is 36.1 Å². The molecule has 34 heavy (non-hydrogen) atoms. The van der Waals surface area contributed by atoms with Crippen molar-refractivity contribution in [3.8, 4) is 11.3 Å². The summed E-state index contributed by atoms with van der Waals surface area (Å²) in [6.45, 7) is 0.268. The van der Waals surface area contributed by atoms with E-state index in [0.717, 1.165) is 22.3 Å². The Morgan fingerprint density at radius 1 is 1.06 bits per heavy atom. The summed E-state index contributed by atoms with van der Waals surface area (Å²) >= 11 is 9.85. The van der Waals surface area contributed by atoms with Gasteiger partial charge in [-0.1, -0.05) is 41.9 Å². The maximum absolute atomic E-state index is 12.6. The maximum atomic E-state index is 12.6. The van der Waals surface area contributed by atoms with Gasteiger partial charge in [0.2, 0.25) is 10.0 Å². The highest BCUT2D eigenvalue weighted by Gasteiger charge is 2.14. The Morgan fingerprint density at radius 3 is 2.53 bits per heavy atom. The van der Waals surface area contributed by atoms with Crippen molar-refractivity contribution in [1.29, 1.82) is 0 Å². The van der Waals surface area contributed by atoms with E-state index in [-0.39, 0.29) is 4.90 Å². The van der Waals surface area contributed by atoms with Gasteiger partial charge < -0.3 is 5.32 Å². The van der Waals surface area contributed by atoms with Crippen LogP contribution in [0, 0.1) is 0 Å². The summed E-state index contributed by atoms with van der Waals surface area (Å²) in [4.78, 5) is 4.81. The first-order chi connectivity index (χ1) is 16.4. The van der Waals surface area contributed by atoms with Crippen LogP contribution < -0.4 is 10.0 Å². The fourth-order valence-corrected chi connectivity index (χ4v) is 5.04. The van der Waals surface area contributed by atoms with Crippen molar-refractivity contribution in [2.24, 2.45) is 0 Å². The average Bonchev–Trinajstić information content (AvgIpc) is 3.22.